The summed E-state index contributed by atoms with van der Waals surface area (Å²) in [6.45, 7) is 5.00. The molecule has 4 nitrogen and oxygen atoms in total. The van der Waals surface area contributed by atoms with Gasteiger partial charge in [0.1, 0.15) is 12.4 Å². The van der Waals surface area contributed by atoms with Gasteiger partial charge in [-0.1, -0.05) is 18.2 Å². The predicted molar refractivity (Wildman–Crippen MR) is 89.0 cm³/mol. The number of hydrogen-bond acceptors (Lipinski definition) is 2. The number of halogens is 1. The van der Waals surface area contributed by atoms with Crippen molar-refractivity contribution >= 4 is 23.2 Å². The summed E-state index contributed by atoms with van der Waals surface area (Å²) in [5.74, 6) is -1.12. The third-order valence-electron chi connectivity index (χ3n) is 3.47. The normalized spacial score (nSPS) is 10.3. The largest absolute Gasteiger partial charge is 0.324 e. The monoisotopic (exact) mass is 314 g/mol. The molecule has 5 heteroatoms. The van der Waals surface area contributed by atoms with Crippen LogP contribution >= 0.6 is 0 Å². The van der Waals surface area contributed by atoms with E-state index in [-0.39, 0.29) is 18.4 Å². The molecular formula is C18H19FN2O2. The van der Waals surface area contributed by atoms with Crippen LogP contribution in [0.2, 0.25) is 0 Å². The SMILES string of the molecule is CC(=O)N(CC(=O)Nc1cc(C)ccc1C)c1cccc(F)c1. The molecule has 0 heterocycles. The molecule has 2 aromatic rings. The summed E-state index contributed by atoms with van der Waals surface area (Å²) >= 11 is 0. The van der Waals surface area contributed by atoms with Crippen molar-refractivity contribution in [3.8, 4) is 0 Å². The Morgan fingerprint density at radius 2 is 1.87 bits per heavy atom. The topological polar surface area (TPSA) is 49.4 Å². The van der Waals surface area contributed by atoms with Gasteiger partial charge in [-0.15, -0.1) is 0 Å². The van der Waals surface area contributed by atoms with Crippen LogP contribution in [0.25, 0.3) is 0 Å². The molecule has 0 unspecified atom stereocenters. The minimum Gasteiger partial charge on any atom is -0.324 e. The maximum Gasteiger partial charge on any atom is 0.244 e. The molecule has 0 aliphatic carbocycles. The highest BCUT2D eigenvalue weighted by atomic mass is 19.1. The summed E-state index contributed by atoms with van der Waals surface area (Å²) in [6, 6.07) is 11.4. The molecule has 23 heavy (non-hydrogen) atoms. The Hall–Kier alpha value is -2.69. The Kier molecular flexibility index (Phi) is 5.11. The zero-order valence-electron chi connectivity index (χ0n) is 13.4. The van der Waals surface area contributed by atoms with Gasteiger partial charge in [-0.25, -0.2) is 4.39 Å². The van der Waals surface area contributed by atoms with Crippen molar-refractivity contribution in [1.82, 2.24) is 0 Å². The second-order valence-corrected chi connectivity index (χ2v) is 5.45. The van der Waals surface area contributed by atoms with Crippen molar-refractivity contribution in [2.75, 3.05) is 16.8 Å². The first-order valence-corrected chi connectivity index (χ1v) is 7.27. The van der Waals surface area contributed by atoms with Gasteiger partial charge in [0.25, 0.3) is 0 Å². The summed E-state index contributed by atoms with van der Waals surface area (Å²) in [6.07, 6.45) is 0. The van der Waals surface area contributed by atoms with E-state index in [2.05, 4.69) is 5.32 Å². The van der Waals surface area contributed by atoms with Gasteiger partial charge >= 0.3 is 0 Å². The molecule has 0 saturated carbocycles. The maximum absolute atomic E-state index is 13.3. The van der Waals surface area contributed by atoms with Crippen molar-refractivity contribution in [3.63, 3.8) is 0 Å². The van der Waals surface area contributed by atoms with Gasteiger partial charge in [0.2, 0.25) is 11.8 Å². The van der Waals surface area contributed by atoms with Crippen LogP contribution in [-0.2, 0) is 9.59 Å². The number of rotatable bonds is 4. The minimum atomic E-state index is -0.455. The standard InChI is InChI=1S/C18H19FN2O2/c1-12-7-8-13(2)17(9-12)20-18(23)11-21(14(3)22)16-6-4-5-15(19)10-16/h4-10H,11H2,1-3H3,(H,20,23). The van der Waals surface area contributed by atoms with Crippen LogP contribution in [0.5, 0.6) is 0 Å². The highest BCUT2D eigenvalue weighted by Gasteiger charge is 2.16. The number of aryl methyl sites for hydroxylation is 2. The van der Waals surface area contributed by atoms with E-state index in [1.807, 2.05) is 32.0 Å². The fourth-order valence-corrected chi connectivity index (χ4v) is 2.23. The van der Waals surface area contributed by atoms with E-state index >= 15 is 0 Å². The first-order chi connectivity index (χ1) is 10.9. The summed E-state index contributed by atoms with van der Waals surface area (Å²) in [7, 11) is 0. The van der Waals surface area contributed by atoms with Crippen LogP contribution in [0.15, 0.2) is 42.5 Å². The number of nitrogens with zero attached hydrogens (tertiary/aromatic N) is 1. The third kappa shape index (κ3) is 4.39. The average molecular weight is 314 g/mol. The lowest BCUT2D eigenvalue weighted by atomic mass is 10.1. The Bertz CT molecular complexity index is 744. The molecule has 0 atom stereocenters. The first-order valence-electron chi connectivity index (χ1n) is 7.27. The van der Waals surface area contributed by atoms with Gasteiger partial charge < -0.3 is 10.2 Å². The molecule has 120 valence electrons. The van der Waals surface area contributed by atoms with Crippen LogP contribution in [-0.4, -0.2) is 18.4 Å². The Morgan fingerprint density at radius 3 is 2.52 bits per heavy atom. The van der Waals surface area contributed by atoms with E-state index in [9.17, 15) is 14.0 Å². The zero-order valence-corrected chi connectivity index (χ0v) is 13.4. The fourth-order valence-electron chi connectivity index (χ4n) is 2.23. The predicted octanol–water partition coefficient (Wildman–Crippen LogP) is 3.43. The van der Waals surface area contributed by atoms with E-state index in [1.54, 1.807) is 6.07 Å². The second-order valence-electron chi connectivity index (χ2n) is 5.45. The van der Waals surface area contributed by atoms with Crippen molar-refractivity contribution in [3.05, 3.63) is 59.4 Å². The molecule has 0 spiro atoms. The number of carbonyl (C=O) groups excluding carboxylic acids is 2. The molecule has 0 aliphatic rings. The fraction of sp³-hybridized carbons (Fsp3) is 0.222. The van der Waals surface area contributed by atoms with E-state index < -0.39 is 5.82 Å². The molecule has 0 fully saturated rings. The van der Waals surface area contributed by atoms with E-state index in [4.69, 9.17) is 0 Å². The molecular weight excluding hydrogens is 295 g/mol. The van der Waals surface area contributed by atoms with Crippen LogP contribution in [0.1, 0.15) is 18.1 Å². The van der Waals surface area contributed by atoms with E-state index in [0.29, 0.717) is 11.4 Å². The van der Waals surface area contributed by atoms with Crippen LogP contribution in [0.3, 0.4) is 0 Å². The lowest BCUT2D eigenvalue weighted by molar-refractivity contribution is -0.120. The van der Waals surface area contributed by atoms with Gasteiger partial charge in [-0.2, -0.15) is 0 Å². The lowest BCUT2D eigenvalue weighted by Crippen LogP contribution is -2.36. The van der Waals surface area contributed by atoms with Crippen molar-refractivity contribution in [2.24, 2.45) is 0 Å². The molecule has 0 saturated heterocycles. The second kappa shape index (κ2) is 7.05. The van der Waals surface area contributed by atoms with E-state index in [0.717, 1.165) is 11.1 Å². The molecule has 2 rings (SSSR count). The number of nitrogens with one attached hydrogen (secondary N) is 1. The van der Waals surface area contributed by atoms with Gasteiger partial charge in [-0.3, -0.25) is 9.59 Å². The quantitative estimate of drug-likeness (QED) is 0.940. The molecule has 0 aliphatic heterocycles. The molecule has 1 N–H and O–H groups in total. The number of benzene rings is 2. The Balaban J connectivity index is 2.15. The first kappa shape index (κ1) is 16.7. The maximum atomic E-state index is 13.3. The lowest BCUT2D eigenvalue weighted by Gasteiger charge is -2.21. The summed E-state index contributed by atoms with van der Waals surface area (Å²) in [5, 5.41) is 2.79. The summed E-state index contributed by atoms with van der Waals surface area (Å²) in [4.78, 5) is 25.3. The Labute approximate surface area is 134 Å². The number of carbonyl (C=O) groups is 2. The van der Waals surface area contributed by atoms with E-state index in [1.165, 1.54) is 30.0 Å². The van der Waals surface area contributed by atoms with Crippen LogP contribution < -0.4 is 10.2 Å². The zero-order chi connectivity index (χ0) is 17.0. The number of amides is 2. The smallest absolute Gasteiger partial charge is 0.244 e. The molecule has 0 radical (unpaired) electrons. The Morgan fingerprint density at radius 1 is 1.13 bits per heavy atom. The van der Waals surface area contributed by atoms with Gasteiger partial charge in [0, 0.05) is 18.3 Å². The summed E-state index contributed by atoms with van der Waals surface area (Å²) in [5.41, 5.74) is 3.02. The van der Waals surface area contributed by atoms with Gasteiger partial charge in [-0.05, 0) is 49.2 Å². The summed E-state index contributed by atoms with van der Waals surface area (Å²) < 4.78 is 13.3. The minimum absolute atomic E-state index is 0.174. The molecule has 2 amide bonds. The average Bonchev–Trinajstić information content (AvgIpc) is 2.48. The van der Waals surface area contributed by atoms with Crippen molar-refractivity contribution < 1.29 is 14.0 Å². The van der Waals surface area contributed by atoms with Crippen molar-refractivity contribution in [2.45, 2.75) is 20.8 Å². The van der Waals surface area contributed by atoms with Gasteiger partial charge in [0.05, 0.1) is 0 Å². The molecule has 0 aromatic heterocycles. The third-order valence-corrected chi connectivity index (χ3v) is 3.47. The van der Waals surface area contributed by atoms with Crippen LogP contribution in [0.4, 0.5) is 15.8 Å². The van der Waals surface area contributed by atoms with Gasteiger partial charge in [0.15, 0.2) is 0 Å². The van der Waals surface area contributed by atoms with Crippen LogP contribution in [0, 0.1) is 19.7 Å². The molecule has 2 aromatic carbocycles. The number of anilines is 2. The highest BCUT2D eigenvalue weighted by molar-refractivity contribution is 6.02. The molecule has 0 bridgehead atoms. The number of hydrogen-bond donors (Lipinski definition) is 1. The highest BCUT2D eigenvalue weighted by Crippen LogP contribution is 2.18. The van der Waals surface area contributed by atoms with Crippen molar-refractivity contribution in [1.29, 1.82) is 0 Å².